The molecule has 116 valence electrons. The van der Waals surface area contributed by atoms with E-state index in [0.717, 1.165) is 18.9 Å². The van der Waals surface area contributed by atoms with E-state index >= 15 is 0 Å². The summed E-state index contributed by atoms with van der Waals surface area (Å²) in [5, 5.41) is 10.8. The lowest BCUT2D eigenvalue weighted by Crippen LogP contribution is -2.40. The molecule has 1 unspecified atom stereocenters. The van der Waals surface area contributed by atoms with Gasteiger partial charge in [-0.15, -0.1) is 0 Å². The van der Waals surface area contributed by atoms with Crippen LogP contribution in [0, 0.1) is 10.1 Å². The summed E-state index contributed by atoms with van der Waals surface area (Å²) in [6, 6.07) is 3.40. The number of nitrogens with one attached hydrogen (secondary N) is 1. The number of hydrogen-bond donors (Lipinski definition) is 2. The number of anilines is 1. The zero-order valence-corrected chi connectivity index (χ0v) is 12.4. The van der Waals surface area contributed by atoms with Crippen molar-refractivity contribution in [2.45, 2.75) is 30.3 Å². The molecule has 8 nitrogen and oxygen atoms in total. The molecule has 1 aliphatic rings. The van der Waals surface area contributed by atoms with Crippen molar-refractivity contribution in [1.82, 2.24) is 4.72 Å². The first-order chi connectivity index (χ1) is 9.73. The normalized spacial score (nSPS) is 22.3. The fraction of sp³-hybridized carbons (Fsp3) is 0.500. The van der Waals surface area contributed by atoms with Crippen molar-refractivity contribution in [3.05, 3.63) is 28.3 Å². The first kappa shape index (κ1) is 15.7. The van der Waals surface area contributed by atoms with Gasteiger partial charge < -0.3 is 10.5 Å². The van der Waals surface area contributed by atoms with Gasteiger partial charge in [-0.25, -0.2) is 13.1 Å². The average molecular weight is 315 g/mol. The third-order valence-corrected chi connectivity index (χ3v) is 4.84. The van der Waals surface area contributed by atoms with E-state index in [1.54, 1.807) is 0 Å². The number of nitrogens with zero attached hydrogens (tertiary/aromatic N) is 1. The highest BCUT2D eigenvalue weighted by Crippen LogP contribution is 2.27. The van der Waals surface area contributed by atoms with Crippen LogP contribution in [0.2, 0.25) is 0 Å². The summed E-state index contributed by atoms with van der Waals surface area (Å²) in [4.78, 5) is 9.91. The Morgan fingerprint density at radius 1 is 1.52 bits per heavy atom. The second-order valence-corrected chi connectivity index (χ2v) is 6.97. The summed E-state index contributed by atoms with van der Waals surface area (Å²) >= 11 is 0. The molecule has 21 heavy (non-hydrogen) atoms. The Balaban J connectivity index is 2.19. The second-order valence-electron chi connectivity index (χ2n) is 5.20. The van der Waals surface area contributed by atoms with Gasteiger partial charge in [0.15, 0.2) is 0 Å². The SMILES string of the molecule is CC1(CNS(=O)(=O)c2ccc(N)c([N+](=O)[O-])c2)CCCO1. The van der Waals surface area contributed by atoms with Crippen molar-refractivity contribution in [3.63, 3.8) is 0 Å². The van der Waals surface area contributed by atoms with Crippen LogP contribution in [0.15, 0.2) is 23.1 Å². The highest BCUT2D eigenvalue weighted by atomic mass is 32.2. The summed E-state index contributed by atoms with van der Waals surface area (Å²) < 4.78 is 32.3. The lowest BCUT2D eigenvalue weighted by Gasteiger charge is -2.23. The average Bonchev–Trinajstić information content (AvgIpc) is 2.84. The zero-order chi connectivity index (χ0) is 15.7. The Morgan fingerprint density at radius 2 is 2.24 bits per heavy atom. The van der Waals surface area contributed by atoms with Gasteiger partial charge in [0.25, 0.3) is 5.69 Å². The fourth-order valence-corrected chi connectivity index (χ4v) is 3.33. The summed E-state index contributed by atoms with van der Waals surface area (Å²) in [5.41, 5.74) is 4.41. The van der Waals surface area contributed by atoms with Crippen LogP contribution >= 0.6 is 0 Å². The number of nitro benzene ring substituents is 1. The van der Waals surface area contributed by atoms with Crippen molar-refractivity contribution in [3.8, 4) is 0 Å². The number of nitrogens with two attached hydrogens (primary N) is 1. The van der Waals surface area contributed by atoms with E-state index in [1.807, 2.05) is 6.92 Å². The van der Waals surface area contributed by atoms with Crippen molar-refractivity contribution >= 4 is 21.4 Å². The van der Waals surface area contributed by atoms with Crippen LogP contribution in [0.25, 0.3) is 0 Å². The maximum absolute atomic E-state index is 12.2. The third kappa shape index (κ3) is 3.49. The number of hydrogen-bond acceptors (Lipinski definition) is 6. The zero-order valence-electron chi connectivity index (χ0n) is 11.5. The van der Waals surface area contributed by atoms with Crippen molar-refractivity contribution in [2.75, 3.05) is 18.9 Å². The minimum absolute atomic E-state index is 0.0787. The van der Waals surface area contributed by atoms with Crippen LogP contribution in [0.3, 0.4) is 0 Å². The van der Waals surface area contributed by atoms with Gasteiger partial charge >= 0.3 is 0 Å². The van der Waals surface area contributed by atoms with Crippen LogP contribution < -0.4 is 10.5 Å². The van der Waals surface area contributed by atoms with Gasteiger partial charge in [-0.1, -0.05) is 0 Å². The van der Waals surface area contributed by atoms with Crippen LogP contribution in [0.1, 0.15) is 19.8 Å². The number of ether oxygens (including phenoxy) is 1. The van der Waals surface area contributed by atoms with E-state index in [4.69, 9.17) is 10.5 Å². The maximum Gasteiger partial charge on any atom is 0.293 e. The molecule has 1 heterocycles. The summed E-state index contributed by atoms with van der Waals surface area (Å²) in [7, 11) is -3.85. The van der Waals surface area contributed by atoms with Gasteiger partial charge in [-0.2, -0.15) is 0 Å². The molecule has 9 heteroatoms. The van der Waals surface area contributed by atoms with Crippen LogP contribution in [0.4, 0.5) is 11.4 Å². The Kier molecular flexibility index (Phi) is 4.17. The minimum atomic E-state index is -3.85. The Labute approximate surface area is 122 Å². The number of nitrogen functional groups attached to an aromatic ring is 1. The predicted molar refractivity (Wildman–Crippen MR) is 76.3 cm³/mol. The van der Waals surface area contributed by atoms with Gasteiger partial charge in [-0.05, 0) is 31.9 Å². The molecule has 0 bridgehead atoms. The van der Waals surface area contributed by atoms with Crippen LogP contribution in [-0.2, 0) is 14.8 Å². The van der Waals surface area contributed by atoms with E-state index in [1.165, 1.54) is 12.1 Å². The third-order valence-electron chi connectivity index (χ3n) is 3.45. The molecule has 1 atom stereocenters. The molecule has 0 amide bonds. The predicted octanol–water partition coefficient (Wildman–Crippen LogP) is 1.02. The molecule has 0 saturated carbocycles. The second kappa shape index (κ2) is 5.58. The molecule has 3 N–H and O–H groups in total. The summed E-state index contributed by atoms with van der Waals surface area (Å²) in [5.74, 6) is 0. The quantitative estimate of drug-likeness (QED) is 0.475. The number of nitro groups is 1. The molecular formula is C12H17N3O5S. The Morgan fingerprint density at radius 3 is 2.81 bits per heavy atom. The largest absolute Gasteiger partial charge is 0.393 e. The molecule has 1 aromatic carbocycles. The number of benzene rings is 1. The van der Waals surface area contributed by atoms with Crippen molar-refractivity contribution < 1.29 is 18.1 Å². The van der Waals surface area contributed by atoms with Gasteiger partial charge in [0.05, 0.1) is 15.4 Å². The van der Waals surface area contributed by atoms with Gasteiger partial charge in [0.1, 0.15) is 5.69 Å². The minimum Gasteiger partial charge on any atom is -0.393 e. The molecular weight excluding hydrogens is 298 g/mol. The smallest absolute Gasteiger partial charge is 0.293 e. The number of rotatable bonds is 5. The molecule has 1 aromatic rings. The first-order valence-electron chi connectivity index (χ1n) is 6.41. The Bertz CT molecular complexity index is 653. The molecule has 1 fully saturated rings. The molecule has 0 aliphatic carbocycles. The summed E-state index contributed by atoms with van der Waals surface area (Å²) in [6.45, 7) is 2.55. The highest BCUT2D eigenvalue weighted by molar-refractivity contribution is 7.89. The molecule has 0 spiro atoms. The van der Waals surface area contributed by atoms with Crippen molar-refractivity contribution in [1.29, 1.82) is 0 Å². The summed E-state index contributed by atoms with van der Waals surface area (Å²) in [6.07, 6.45) is 1.64. The molecule has 2 rings (SSSR count). The van der Waals surface area contributed by atoms with Gasteiger partial charge in [0, 0.05) is 19.2 Å². The van der Waals surface area contributed by atoms with E-state index < -0.39 is 26.2 Å². The molecule has 1 saturated heterocycles. The van der Waals surface area contributed by atoms with E-state index in [9.17, 15) is 18.5 Å². The van der Waals surface area contributed by atoms with Gasteiger partial charge in [0.2, 0.25) is 10.0 Å². The molecule has 1 aliphatic heterocycles. The standard InChI is InChI=1S/C12H17N3O5S/c1-12(5-2-6-20-12)8-14-21(18,19)9-3-4-10(13)11(7-9)15(16)17/h3-4,7,14H,2,5-6,8,13H2,1H3. The molecule has 0 radical (unpaired) electrons. The lowest BCUT2D eigenvalue weighted by molar-refractivity contribution is -0.384. The maximum atomic E-state index is 12.2. The van der Waals surface area contributed by atoms with E-state index in [-0.39, 0.29) is 17.1 Å². The molecule has 0 aromatic heterocycles. The fourth-order valence-electron chi connectivity index (χ4n) is 2.16. The topological polar surface area (TPSA) is 125 Å². The Hall–Kier alpha value is -1.71. The van der Waals surface area contributed by atoms with Crippen molar-refractivity contribution in [2.24, 2.45) is 0 Å². The highest BCUT2D eigenvalue weighted by Gasteiger charge is 2.31. The van der Waals surface area contributed by atoms with Crippen LogP contribution in [0.5, 0.6) is 0 Å². The van der Waals surface area contributed by atoms with E-state index in [2.05, 4.69) is 4.72 Å². The number of sulfonamides is 1. The van der Waals surface area contributed by atoms with Crippen LogP contribution in [-0.4, -0.2) is 32.1 Å². The monoisotopic (exact) mass is 315 g/mol. The van der Waals surface area contributed by atoms with Gasteiger partial charge in [-0.3, -0.25) is 10.1 Å². The lowest BCUT2D eigenvalue weighted by atomic mass is 10.0. The van der Waals surface area contributed by atoms with E-state index in [0.29, 0.717) is 6.61 Å². The first-order valence-corrected chi connectivity index (χ1v) is 7.89.